The van der Waals surface area contributed by atoms with Crippen LogP contribution in [0.4, 0.5) is 0 Å². The standard InChI is InChI=1S/C15H25NO3/c17-13(10-12-6-2-1-3-7-12)16-15(11-14(18)19)8-4-5-9-15/h12H,1-11H2,(H,16,17)(H,18,19). The first kappa shape index (κ1) is 14.4. The monoisotopic (exact) mass is 267 g/mol. The lowest BCUT2D eigenvalue weighted by Gasteiger charge is -2.30. The zero-order valence-electron chi connectivity index (χ0n) is 11.6. The van der Waals surface area contributed by atoms with E-state index in [1.54, 1.807) is 0 Å². The summed E-state index contributed by atoms with van der Waals surface area (Å²) in [5, 5.41) is 12.1. The van der Waals surface area contributed by atoms with Gasteiger partial charge < -0.3 is 10.4 Å². The van der Waals surface area contributed by atoms with Gasteiger partial charge in [-0.1, -0.05) is 32.1 Å². The van der Waals surface area contributed by atoms with Crippen LogP contribution >= 0.6 is 0 Å². The lowest BCUT2D eigenvalue weighted by atomic mass is 9.86. The number of carboxylic acid groups (broad SMARTS) is 1. The van der Waals surface area contributed by atoms with E-state index in [0.29, 0.717) is 12.3 Å². The number of nitrogens with one attached hydrogen (secondary N) is 1. The predicted molar refractivity (Wildman–Crippen MR) is 72.8 cm³/mol. The third-order valence-electron chi connectivity index (χ3n) is 4.65. The zero-order valence-corrected chi connectivity index (χ0v) is 11.6. The molecule has 0 aromatic rings. The number of carbonyl (C=O) groups excluding carboxylic acids is 1. The number of rotatable bonds is 5. The van der Waals surface area contributed by atoms with Crippen LogP contribution in [0.25, 0.3) is 0 Å². The molecular formula is C15H25NO3. The average Bonchev–Trinajstić information content (AvgIpc) is 2.77. The van der Waals surface area contributed by atoms with E-state index in [1.807, 2.05) is 0 Å². The summed E-state index contributed by atoms with van der Waals surface area (Å²) in [6, 6.07) is 0. The van der Waals surface area contributed by atoms with Crippen LogP contribution in [0.5, 0.6) is 0 Å². The average molecular weight is 267 g/mol. The van der Waals surface area contributed by atoms with Crippen molar-refractivity contribution in [2.75, 3.05) is 0 Å². The molecule has 4 nitrogen and oxygen atoms in total. The SMILES string of the molecule is O=C(O)CC1(NC(=O)CC2CCCCC2)CCCC1. The molecule has 0 aromatic heterocycles. The van der Waals surface area contributed by atoms with Crippen molar-refractivity contribution < 1.29 is 14.7 Å². The summed E-state index contributed by atoms with van der Waals surface area (Å²) in [7, 11) is 0. The molecule has 2 aliphatic carbocycles. The smallest absolute Gasteiger partial charge is 0.305 e. The van der Waals surface area contributed by atoms with E-state index in [0.717, 1.165) is 38.5 Å². The molecule has 2 aliphatic rings. The number of carbonyl (C=O) groups is 2. The topological polar surface area (TPSA) is 66.4 Å². The van der Waals surface area contributed by atoms with Crippen LogP contribution in [-0.2, 0) is 9.59 Å². The molecule has 0 radical (unpaired) electrons. The van der Waals surface area contributed by atoms with E-state index in [4.69, 9.17) is 5.11 Å². The van der Waals surface area contributed by atoms with Gasteiger partial charge in [0.2, 0.25) is 5.91 Å². The van der Waals surface area contributed by atoms with Crippen LogP contribution < -0.4 is 5.32 Å². The van der Waals surface area contributed by atoms with Gasteiger partial charge in [-0.15, -0.1) is 0 Å². The minimum atomic E-state index is -0.806. The van der Waals surface area contributed by atoms with Gasteiger partial charge in [0.15, 0.2) is 0 Å². The first-order chi connectivity index (χ1) is 9.10. The molecular weight excluding hydrogens is 242 g/mol. The van der Waals surface area contributed by atoms with Crippen molar-refractivity contribution in [2.45, 2.75) is 76.2 Å². The molecule has 0 spiro atoms. The first-order valence-electron chi connectivity index (χ1n) is 7.62. The molecule has 0 atom stereocenters. The lowest BCUT2D eigenvalue weighted by molar-refractivity contribution is -0.139. The van der Waals surface area contributed by atoms with Gasteiger partial charge in [-0.05, 0) is 31.6 Å². The molecule has 1 amide bonds. The fourth-order valence-corrected chi connectivity index (χ4v) is 3.69. The van der Waals surface area contributed by atoms with Gasteiger partial charge in [-0.25, -0.2) is 0 Å². The summed E-state index contributed by atoms with van der Waals surface area (Å²) < 4.78 is 0. The number of hydrogen-bond donors (Lipinski definition) is 2. The second kappa shape index (κ2) is 6.40. The zero-order chi connectivity index (χ0) is 13.7. The van der Waals surface area contributed by atoms with Crippen molar-refractivity contribution in [2.24, 2.45) is 5.92 Å². The van der Waals surface area contributed by atoms with Gasteiger partial charge in [0.05, 0.1) is 12.0 Å². The quantitative estimate of drug-likeness (QED) is 0.805. The largest absolute Gasteiger partial charge is 0.481 e. The van der Waals surface area contributed by atoms with Crippen LogP contribution in [0.2, 0.25) is 0 Å². The molecule has 0 aromatic carbocycles. The van der Waals surface area contributed by atoms with Crippen molar-refractivity contribution in [3.63, 3.8) is 0 Å². The minimum absolute atomic E-state index is 0.0649. The summed E-state index contributed by atoms with van der Waals surface area (Å²) in [5.41, 5.74) is -0.461. The molecule has 4 heteroatoms. The number of aliphatic carboxylic acids is 1. The Hall–Kier alpha value is -1.06. The third-order valence-corrected chi connectivity index (χ3v) is 4.65. The summed E-state index contributed by atoms with van der Waals surface area (Å²) in [4.78, 5) is 23.1. The number of carboxylic acids is 1. The Morgan fingerprint density at radius 1 is 1.05 bits per heavy atom. The molecule has 0 unspecified atom stereocenters. The Morgan fingerprint density at radius 2 is 1.68 bits per heavy atom. The van der Waals surface area contributed by atoms with E-state index < -0.39 is 11.5 Å². The van der Waals surface area contributed by atoms with Gasteiger partial charge in [0, 0.05) is 6.42 Å². The number of amides is 1. The first-order valence-corrected chi connectivity index (χ1v) is 7.62. The lowest BCUT2D eigenvalue weighted by Crippen LogP contribution is -2.48. The molecule has 2 saturated carbocycles. The predicted octanol–water partition coefficient (Wildman–Crippen LogP) is 2.86. The van der Waals surface area contributed by atoms with Crippen LogP contribution in [0.3, 0.4) is 0 Å². The van der Waals surface area contributed by atoms with E-state index in [1.165, 1.54) is 19.3 Å². The fraction of sp³-hybridized carbons (Fsp3) is 0.867. The molecule has 0 saturated heterocycles. The number of hydrogen-bond acceptors (Lipinski definition) is 2. The van der Waals surface area contributed by atoms with Gasteiger partial charge in [0.25, 0.3) is 0 Å². The van der Waals surface area contributed by atoms with Crippen LogP contribution in [0.15, 0.2) is 0 Å². The van der Waals surface area contributed by atoms with Gasteiger partial charge in [-0.3, -0.25) is 9.59 Å². The van der Waals surface area contributed by atoms with E-state index in [2.05, 4.69) is 5.32 Å². The Balaban J connectivity index is 1.86. The molecule has 2 fully saturated rings. The Kier molecular flexibility index (Phi) is 4.83. The molecule has 2 N–H and O–H groups in total. The highest BCUT2D eigenvalue weighted by atomic mass is 16.4. The second-order valence-electron chi connectivity index (χ2n) is 6.31. The summed E-state index contributed by atoms with van der Waals surface area (Å²) >= 11 is 0. The molecule has 2 rings (SSSR count). The molecule has 19 heavy (non-hydrogen) atoms. The van der Waals surface area contributed by atoms with E-state index >= 15 is 0 Å². The van der Waals surface area contributed by atoms with Crippen LogP contribution in [0.1, 0.15) is 70.6 Å². The Bertz CT molecular complexity index is 328. The highest BCUT2D eigenvalue weighted by Crippen LogP contribution is 2.33. The highest BCUT2D eigenvalue weighted by Gasteiger charge is 2.37. The van der Waals surface area contributed by atoms with Gasteiger partial charge >= 0.3 is 5.97 Å². The van der Waals surface area contributed by atoms with Crippen molar-refractivity contribution in [3.8, 4) is 0 Å². The summed E-state index contributed by atoms with van der Waals surface area (Å²) in [6.07, 6.45) is 10.4. The Morgan fingerprint density at radius 3 is 2.26 bits per heavy atom. The minimum Gasteiger partial charge on any atom is -0.481 e. The molecule has 0 heterocycles. The van der Waals surface area contributed by atoms with Gasteiger partial charge in [-0.2, -0.15) is 0 Å². The molecule has 108 valence electrons. The van der Waals surface area contributed by atoms with Crippen molar-refractivity contribution in [1.29, 1.82) is 0 Å². The molecule has 0 aliphatic heterocycles. The summed E-state index contributed by atoms with van der Waals surface area (Å²) in [5.74, 6) is -0.230. The molecule has 0 bridgehead atoms. The maximum atomic E-state index is 12.1. The van der Waals surface area contributed by atoms with E-state index in [-0.39, 0.29) is 12.3 Å². The Labute approximate surface area is 115 Å². The maximum Gasteiger partial charge on any atom is 0.305 e. The van der Waals surface area contributed by atoms with Crippen molar-refractivity contribution in [3.05, 3.63) is 0 Å². The third kappa shape index (κ3) is 4.22. The van der Waals surface area contributed by atoms with Crippen LogP contribution in [-0.4, -0.2) is 22.5 Å². The van der Waals surface area contributed by atoms with Crippen LogP contribution in [0, 0.1) is 5.92 Å². The second-order valence-corrected chi connectivity index (χ2v) is 6.31. The maximum absolute atomic E-state index is 12.1. The highest BCUT2D eigenvalue weighted by molar-refractivity contribution is 5.78. The fourth-order valence-electron chi connectivity index (χ4n) is 3.69. The van der Waals surface area contributed by atoms with Crippen molar-refractivity contribution in [1.82, 2.24) is 5.32 Å². The summed E-state index contributed by atoms with van der Waals surface area (Å²) in [6.45, 7) is 0. The normalized spacial score (nSPS) is 23.2. The van der Waals surface area contributed by atoms with E-state index in [9.17, 15) is 9.59 Å². The van der Waals surface area contributed by atoms with Gasteiger partial charge in [0.1, 0.15) is 0 Å². The van der Waals surface area contributed by atoms with Crippen molar-refractivity contribution >= 4 is 11.9 Å².